The van der Waals surface area contributed by atoms with Gasteiger partial charge in [0.05, 0.1) is 11.6 Å². The van der Waals surface area contributed by atoms with Gasteiger partial charge < -0.3 is 9.73 Å². The van der Waals surface area contributed by atoms with Crippen LogP contribution >= 0.6 is 39.9 Å². The summed E-state index contributed by atoms with van der Waals surface area (Å²) in [5, 5.41) is 3.21. The fraction of sp³-hybridized carbons (Fsp3) is 0.125. The van der Waals surface area contributed by atoms with Crippen LogP contribution in [0.3, 0.4) is 0 Å². The van der Waals surface area contributed by atoms with Crippen molar-refractivity contribution < 1.29 is 9.21 Å². The highest BCUT2D eigenvalue weighted by Crippen LogP contribution is 2.33. The molecule has 23 heavy (non-hydrogen) atoms. The molecule has 4 nitrogen and oxygen atoms in total. The number of para-hydroxylation sites is 1. The molecule has 1 N–H and O–H groups in total. The average molecular weight is 409 g/mol. The quantitative estimate of drug-likeness (QED) is 0.590. The number of anilines is 1. The predicted octanol–water partition coefficient (Wildman–Crippen LogP) is 4.62. The van der Waals surface area contributed by atoms with Gasteiger partial charge in [-0.15, -0.1) is 0 Å². The van der Waals surface area contributed by atoms with Crippen LogP contribution in [0.1, 0.15) is 11.5 Å². The monoisotopic (exact) mass is 408 g/mol. The zero-order chi connectivity index (χ0) is 16.4. The average Bonchev–Trinajstić information content (AvgIpc) is 3.04. The standard InChI is InChI=1S/C16H13BrN2O2S2/c1-10-6-7-11(21-10)8-14-15(20)19(16(22)23-14)9-18-13-5-3-2-4-12(13)17/h2-8,18H,9H2,1H3/b14-8-. The van der Waals surface area contributed by atoms with E-state index in [1.807, 2.05) is 43.3 Å². The summed E-state index contributed by atoms with van der Waals surface area (Å²) in [7, 11) is 0. The molecule has 0 aliphatic carbocycles. The number of carbonyl (C=O) groups excluding carboxylic acids is 1. The largest absolute Gasteiger partial charge is 0.462 e. The number of benzene rings is 1. The zero-order valence-corrected chi connectivity index (χ0v) is 15.4. The number of aryl methyl sites for hydroxylation is 1. The normalized spacial score (nSPS) is 16.4. The summed E-state index contributed by atoms with van der Waals surface area (Å²) in [6, 6.07) is 11.4. The van der Waals surface area contributed by atoms with Crippen molar-refractivity contribution in [2.75, 3.05) is 12.0 Å². The van der Waals surface area contributed by atoms with E-state index >= 15 is 0 Å². The Kier molecular flexibility index (Phi) is 4.89. The number of thioether (sulfide) groups is 1. The molecule has 0 radical (unpaired) electrons. The lowest BCUT2D eigenvalue weighted by molar-refractivity contribution is -0.121. The minimum atomic E-state index is -0.117. The van der Waals surface area contributed by atoms with E-state index in [4.69, 9.17) is 16.6 Å². The number of carbonyl (C=O) groups is 1. The number of nitrogens with one attached hydrogen (secondary N) is 1. The van der Waals surface area contributed by atoms with Crippen LogP contribution in [0.25, 0.3) is 6.08 Å². The number of furan rings is 1. The molecule has 1 aromatic carbocycles. The fourth-order valence-electron chi connectivity index (χ4n) is 2.07. The second-order valence-electron chi connectivity index (χ2n) is 4.87. The molecule has 7 heteroatoms. The smallest absolute Gasteiger partial charge is 0.267 e. The summed E-state index contributed by atoms with van der Waals surface area (Å²) in [4.78, 5) is 14.6. The maximum Gasteiger partial charge on any atom is 0.267 e. The first-order valence-electron chi connectivity index (χ1n) is 6.85. The SMILES string of the molecule is Cc1ccc(/C=C2\SC(=S)N(CNc3ccccc3Br)C2=O)o1. The third-order valence-electron chi connectivity index (χ3n) is 3.21. The van der Waals surface area contributed by atoms with Gasteiger partial charge >= 0.3 is 0 Å². The van der Waals surface area contributed by atoms with Gasteiger partial charge in [0, 0.05) is 16.2 Å². The van der Waals surface area contributed by atoms with Crippen molar-refractivity contribution in [3.05, 3.63) is 57.3 Å². The molecule has 2 heterocycles. The molecular formula is C16H13BrN2O2S2. The van der Waals surface area contributed by atoms with E-state index in [1.165, 1.54) is 11.8 Å². The van der Waals surface area contributed by atoms with Crippen LogP contribution in [0.5, 0.6) is 0 Å². The Morgan fingerprint density at radius 1 is 1.35 bits per heavy atom. The maximum atomic E-state index is 12.5. The first-order valence-corrected chi connectivity index (χ1v) is 8.86. The van der Waals surface area contributed by atoms with Gasteiger partial charge in [0.25, 0.3) is 5.91 Å². The summed E-state index contributed by atoms with van der Waals surface area (Å²) >= 11 is 10.1. The number of amides is 1. The molecule has 2 aromatic rings. The van der Waals surface area contributed by atoms with Crippen molar-refractivity contribution in [2.24, 2.45) is 0 Å². The Morgan fingerprint density at radius 2 is 2.13 bits per heavy atom. The summed E-state index contributed by atoms with van der Waals surface area (Å²) < 4.78 is 6.95. The van der Waals surface area contributed by atoms with Crippen molar-refractivity contribution in [1.82, 2.24) is 4.90 Å². The van der Waals surface area contributed by atoms with Crippen LogP contribution in [0.15, 0.2) is 50.2 Å². The first-order chi connectivity index (χ1) is 11.0. The Balaban J connectivity index is 1.72. The van der Waals surface area contributed by atoms with Gasteiger partial charge in [-0.3, -0.25) is 9.69 Å². The topological polar surface area (TPSA) is 45.5 Å². The molecule has 0 unspecified atom stereocenters. The Labute approximate surface area is 152 Å². The minimum Gasteiger partial charge on any atom is -0.462 e. The summed E-state index contributed by atoms with van der Waals surface area (Å²) in [6.45, 7) is 2.19. The van der Waals surface area contributed by atoms with Crippen LogP contribution < -0.4 is 5.32 Å². The van der Waals surface area contributed by atoms with E-state index in [1.54, 1.807) is 11.0 Å². The molecule has 118 valence electrons. The van der Waals surface area contributed by atoms with Gasteiger partial charge in [0.1, 0.15) is 15.8 Å². The number of hydrogen-bond donors (Lipinski definition) is 1. The summed E-state index contributed by atoms with van der Waals surface area (Å²) in [6.07, 6.45) is 1.73. The van der Waals surface area contributed by atoms with Crippen LogP contribution in [0.4, 0.5) is 5.69 Å². The maximum absolute atomic E-state index is 12.5. The molecule has 1 saturated heterocycles. The second kappa shape index (κ2) is 6.90. The van der Waals surface area contributed by atoms with E-state index < -0.39 is 0 Å². The highest BCUT2D eigenvalue weighted by atomic mass is 79.9. The van der Waals surface area contributed by atoms with Gasteiger partial charge in [-0.25, -0.2) is 0 Å². The fourth-order valence-corrected chi connectivity index (χ4v) is 3.73. The van der Waals surface area contributed by atoms with E-state index in [2.05, 4.69) is 21.2 Å². The van der Waals surface area contributed by atoms with Gasteiger partial charge in [-0.05, 0) is 47.1 Å². The highest BCUT2D eigenvalue weighted by Gasteiger charge is 2.32. The summed E-state index contributed by atoms with van der Waals surface area (Å²) in [5.74, 6) is 1.35. The third kappa shape index (κ3) is 3.68. The molecular weight excluding hydrogens is 396 g/mol. The molecule has 3 rings (SSSR count). The van der Waals surface area contributed by atoms with E-state index in [9.17, 15) is 4.79 Å². The van der Waals surface area contributed by atoms with E-state index in [0.717, 1.165) is 15.9 Å². The van der Waals surface area contributed by atoms with Crippen molar-refractivity contribution in [2.45, 2.75) is 6.92 Å². The molecule has 0 atom stereocenters. The van der Waals surface area contributed by atoms with Crippen molar-refractivity contribution in [3.8, 4) is 0 Å². The number of hydrogen-bond acceptors (Lipinski definition) is 5. The predicted molar refractivity (Wildman–Crippen MR) is 101 cm³/mol. The molecule has 1 amide bonds. The van der Waals surface area contributed by atoms with Gasteiger partial charge in [0.15, 0.2) is 0 Å². The van der Waals surface area contributed by atoms with Gasteiger partial charge in [-0.1, -0.05) is 36.1 Å². The van der Waals surface area contributed by atoms with Crippen LogP contribution in [-0.2, 0) is 4.79 Å². The van der Waals surface area contributed by atoms with Crippen LogP contribution in [0, 0.1) is 6.92 Å². The van der Waals surface area contributed by atoms with Gasteiger partial charge in [-0.2, -0.15) is 0 Å². The van der Waals surface area contributed by atoms with Crippen LogP contribution in [-0.4, -0.2) is 21.8 Å². The molecule has 1 aliphatic rings. The first kappa shape index (κ1) is 16.3. The number of thiocarbonyl (C=S) groups is 1. The number of nitrogens with zero attached hydrogens (tertiary/aromatic N) is 1. The Bertz CT molecular complexity index is 801. The van der Waals surface area contributed by atoms with Crippen molar-refractivity contribution >= 4 is 61.9 Å². The lowest BCUT2D eigenvalue weighted by atomic mass is 10.3. The Morgan fingerprint density at radius 3 is 2.83 bits per heavy atom. The molecule has 1 aromatic heterocycles. The summed E-state index contributed by atoms with van der Waals surface area (Å²) in [5.41, 5.74) is 0.909. The second-order valence-corrected chi connectivity index (χ2v) is 7.40. The molecule has 1 aliphatic heterocycles. The zero-order valence-electron chi connectivity index (χ0n) is 12.2. The van der Waals surface area contributed by atoms with Crippen molar-refractivity contribution in [3.63, 3.8) is 0 Å². The molecule has 0 bridgehead atoms. The van der Waals surface area contributed by atoms with Crippen LogP contribution in [0.2, 0.25) is 0 Å². The highest BCUT2D eigenvalue weighted by molar-refractivity contribution is 9.10. The molecule has 0 saturated carbocycles. The van der Waals surface area contributed by atoms with Crippen molar-refractivity contribution in [1.29, 1.82) is 0 Å². The lowest BCUT2D eigenvalue weighted by Crippen LogP contribution is -2.33. The van der Waals surface area contributed by atoms with E-state index in [0.29, 0.717) is 21.7 Å². The molecule has 1 fully saturated rings. The third-order valence-corrected chi connectivity index (χ3v) is 5.28. The lowest BCUT2D eigenvalue weighted by Gasteiger charge is -2.16. The van der Waals surface area contributed by atoms with E-state index in [-0.39, 0.29) is 5.91 Å². The number of halogens is 1. The molecule has 0 spiro atoms. The Hall–Kier alpha value is -1.57. The minimum absolute atomic E-state index is 0.117. The van der Waals surface area contributed by atoms with Gasteiger partial charge in [0.2, 0.25) is 0 Å². The number of rotatable bonds is 4.